The summed E-state index contributed by atoms with van der Waals surface area (Å²) < 4.78 is 19.3. The van der Waals surface area contributed by atoms with Gasteiger partial charge in [0.25, 0.3) is 0 Å². The highest BCUT2D eigenvalue weighted by molar-refractivity contribution is 5.96. The summed E-state index contributed by atoms with van der Waals surface area (Å²) in [7, 11) is 3.79. The number of aromatic nitrogens is 1. The lowest BCUT2D eigenvalue weighted by atomic mass is 9.89. The van der Waals surface area contributed by atoms with Crippen LogP contribution in [0.25, 0.3) is 16.5 Å². The van der Waals surface area contributed by atoms with Crippen molar-refractivity contribution in [2.75, 3.05) is 20.3 Å². The van der Waals surface area contributed by atoms with Crippen molar-refractivity contribution in [3.8, 4) is 5.75 Å². The van der Waals surface area contributed by atoms with Gasteiger partial charge in [-0.2, -0.15) is 0 Å². The molecule has 2 heterocycles. The summed E-state index contributed by atoms with van der Waals surface area (Å²) in [5.41, 5.74) is 3.82. The number of ether oxygens (including phenoxy) is 3. The zero-order chi connectivity index (χ0) is 15.2. The molecule has 1 saturated heterocycles. The SMILES string of the molecule is COc1cccc2c(C3=CCC4(CC3)OCCO4)cn(C)c12. The van der Waals surface area contributed by atoms with Crippen LogP contribution in [0.2, 0.25) is 0 Å². The van der Waals surface area contributed by atoms with Crippen molar-refractivity contribution in [2.24, 2.45) is 7.05 Å². The molecule has 4 rings (SSSR count). The summed E-state index contributed by atoms with van der Waals surface area (Å²) in [4.78, 5) is 0. The minimum absolute atomic E-state index is 0.355. The molecule has 0 amide bonds. The molecule has 1 aliphatic heterocycles. The Morgan fingerprint density at radius 3 is 2.73 bits per heavy atom. The van der Waals surface area contributed by atoms with Gasteiger partial charge >= 0.3 is 0 Å². The van der Waals surface area contributed by atoms with Crippen LogP contribution in [0.3, 0.4) is 0 Å². The second kappa shape index (κ2) is 5.14. The number of nitrogens with zero attached hydrogens (tertiary/aromatic N) is 1. The zero-order valence-electron chi connectivity index (χ0n) is 13.1. The Morgan fingerprint density at radius 2 is 2.05 bits per heavy atom. The van der Waals surface area contributed by atoms with Crippen molar-refractivity contribution in [1.29, 1.82) is 0 Å². The Morgan fingerprint density at radius 1 is 1.23 bits per heavy atom. The van der Waals surface area contributed by atoms with E-state index < -0.39 is 0 Å². The van der Waals surface area contributed by atoms with Gasteiger partial charge in [-0.15, -0.1) is 0 Å². The van der Waals surface area contributed by atoms with Crippen molar-refractivity contribution in [2.45, 2.75) is 25.0 Å². The van der Waals surface area contributed by atoms with Gasteiger partial charge < -0.3 is 18.8 Å². The Hall–Kier alpha value is -1.78. The maximum Gasteiger partial charge on any atom is 0.172 e. The lowest BCUT2D eigenvalue weighted by Crippen LogP contribution is -2.31. The summed E-state index contributed by atoms with van der Waals surface area (Å²) in [6.07, 6.45) is 7.23. The van der Waals surface area contributed by atoms with E-state index in [4.69, 9.17) is 14.2 Å². The highest BCUT2D eigenvalue weighted by atomic mass is 16.7. The Labute approximate surface area is 130 Å². The number of hydrogen-bond acceptors (Lipinski definition) is 3. The van der Waals surface area contributed by atoms with E-state index >= 15 is 0 Å². The monoisotopic (exact) mass is 299 g/mol. The van der Waals surface area contributed by atoms with Gasteiger partial charge in [0.2, 0.25) is 0 Å². The fraction of sp³-hybridized carbons (Fsp3) is 0.444. The molecule has 4 heteroatoms. The van der Waals surface area contributed by atoms with E-state index in [1.165, 1.54) is 16.5 Å². The van der Waals surface area contributed by atoms with Crippen LogP contribution >= 0.6 is 0 Å². The molecule has 0 saturated carbocycles. The number of benzene rings is 1. The van der Waals surface area contributed by atoms with Gasteiger partial charge in [0.05, 0.1) is 25.8 Å². The van der Waals surface area contributed by atoms with Gasteiger partial charge in [-0.05, 0) is 18.1 Å². The molecule has 116 valence electrons. The van der Waals surface area contributed by atoms with E-state index in [-0.39, 0.29) is 5.79 Å². The Kier molecular flexibility index (Phi) is 3.24. The third-order valence-corrected chi connectivity index (χ3v) is 4.78. The first-order valence-electron chi connectivity index (χ1n) is 7.82. The molecule has 2 aromatic rings. The lowest BCUT2D eigenvalue weighted by Gasteiger charge is -2.30. The van der Waals surface area contributed by atoms with E-state index in [0.29, 0.717) is 13.2 Å². The molecule has 2 aliphatic rings. The maximum absolute atomic E-state index is 5.80. The van der Waals surface area contributed by atoms with Crippen LogP contribution in [0, 0.1) is 0 Å². The first kappa shape index (κ1) is 13.9. The molecular formula is C18H21NO3. The highest BCUT2D eigenvalue weighted by Gasteiger charge is 2.38. The average molecular weight is 299 g/mol. The molecule has 1 spiro atoms. The van der Waals surface area contributed by atoms with Crippen molar-refractivity contribution in [3.05, 3.63) is 36.0 Å². The molecule has 0 N–H and O–H groups in total. The van der Waals surface area contributed by atoms with E-state index in [0.717, 1.165) is 30.5 Å². The minimum atomic E-state index is -0.355. The standard InChI is InChI=1S/C18H21NO3/c1-19-12-15(14-4-3-5-16(20-2)17(14)19)13-6-8-18(9-7-13)21-10-11-22-18/h3-6,12H,7-11H2,1-2H3. The summed E-state index contributed by atoms with van der Waals surface area (Å²) >= 11 is 0. The van der Waals surface area contributed by atoms with Crippen LogP contribution in [0.1, 0.15) is 24.8 Å². The molecule has 22 heavy (non-hydrogen) atoms. The fourth-order valence-electron chi connectivity index (χ4n) is 3.66. The van der Waals surface area contributed by atoms with Gasteiger partial charge in [0.15, 0.2) is 5.79 Å². The second-order valence-electron chi connectivity index (χ2n) is 6.05. The fourth-order valence-corrected chi connectivity index (χ4v) is 3.66. The van der Waals surface area contributed by atoms with Crippen LogP contribution in [-0.2, 0) is 16.5 Å². The minimum Gasteiger partial charge on any atom is -0.495 e. The first-order chi connectivity index (χ1) is 10.7. The molecule has 1 aliphatic carbocycles. The third-order valence-electron chi connectivity index (χ3n) is 4.78. The lowest BCUT2D eigenvalue weighted by molar-refractivity contribution is -0.159. The molecule has 1 aromatic heterocycles. The first-order valence-corrected chi connectivity index (χ1v) is 7.82. The molecule has 1 fully saturated rings. The van der Waals surface area contributed by atoms with Crippen LogP contribution in [0.4, 0.5) is 0 Å². The van der Waals surface area contributed by atoms with E-state index in [1.807, 2.05) is 6.07 Å². The smallest absolute Gasteiger partial charge is 0.172 e. The Balaban J connectivity index is 1.75. The largest absolute Gasteiger partial charge is 0.495 e. The summed E-state index contributed by atoms with van der Waals surface area (Å²) in [6.45, 7) is 1.43. The number of methoxy groups -OCH3 is 1. The summed E-state index contributed by atoms with van der Waals surface area (Å²) in [5.74, 6) is 0.563. The van der Waals surface area contributed by atoms with Crippen molar-refractivity contribution < 1.29 is 14.2 Å². The second-order valence-corrected chi connectivity index (χ2v) is 6.05. The zero-order valence-corrected chi connectivity index (χ0v) is 13.1. The number of para-hydroxylation sites is 1. The van der Waals surface area contributed by atoms with Gasteiger partial charge in [0.1, 0.15) is 5.75 Å². The molecule has 0 bridgehead atoms. The normalized spacial score (nSPS) is 20.5. The van der Waals surface area contributed by atoms with E-state index in [9.17, 15) is 0 Å². The predicted molar refractivity (Wildman–Crippen MR) is 85.9 cm³/mol. The van der Waals surface area contributed by atoms with Gasteiger partial charge in [0, 0.05) is 37.0 Å². The topological polar surface area (TPSA) is 32.6 Å². The molecule has 4 nitrogen and oxygen atoms in total. The molecule has 1 aromatic carbocycles. The van der Waals surface area contributed by atoms with Gasteiger partial charge in [-0.25, -0.2) is 0 Å². The van der Waals surface area contributed by atoms with E-state index in [2.05, 4.69) is 36.0 Å². The molecule has 0 radical (unpaired) electrons. The van der Waals surface area contributed by atoms with Crippen LogP contribution in [-0.4, -0.2) is 30.7 Å². The van der Waals surface area contributed by atoms with Gasteiger partial charge in [-0.3, -0.25) is 0 Å². The number of allylic oxidation sites excluding steroid dienone is 1. The van der Waals surface area contributed by atoms with Crippen LogP contribution in [0.5, 0.6) is 5.75 Å². The predicted octanol–water partition coefficient (Wildman–Crippen LogP) is 3.50. The summed E-state index contributed by atoms with van der Waals surface area (Å²) in [5, 5.41) is 1.25. The molecule has 0 atom stereocenters. The molecular weight excluding hydrogens is 278 g/mol. The number of fused-ring (bicyclic) bond motifs is 1. The number of rotatable bonds is 2. The summed E-state index contributed by atoms with van der Waals surface area (Å²) in [6, 6.07) is 6.23. The quantitative estimate of drug-likeness (QED) is 0.851. The maximum atomic E-state index is 5.80. The van der Waals surface area contributed by atoms with Crippen molar-refractivity contribution in [1.82, 2.24) is 4.57 Å². The van der Waals surface area contributed by atoms with Gasteiger partial charge in [-0.1, -0.05) is 18.2 Å². The average Bonchev–Trinajstić information content (AvgIpc) is 3.14. The number of hydrogen-bond donors (Lipinski definition) is 0. The van der Waals surface area contributed by atoms with Crippen molar-refractivity contribution >= 4 is 16.5 Å². The van der Waals surface area contributed by atoms with Crippen molar-refractivity contribution in [3.63, 3.8) is 0 Å². The third kappa shape index (κ3) is 2.06. The van der Waals surface area contributed by atoms with E-state index in [1.54, 1.807) is 7.11 Å². The Bertz CT molecular complexity index is 738. The molecule has 0 unspecified atom stereocenters. The van der Waals surface area contributed by atoms with Crippen LogP contribution in [0.15, 0.2) is 30.5 Å². The van der Waals surface area contributed by atoms with Crippen LogP contribution < -0.4 is 4.74 Å². The number of aryl methyl sites for hydroxylation is 1. The highest BCUT2D eigenvalue weighted by Crippen LogP contribution is 2.41.